The van der Waals surface area contributed by atoms with E-state index in [9.17, 15) is 18.0 Å². The summed E-state index contributed by atoms with van der Waals surface area (Å²) in [5.41, 5.74) is 5.41. The third kappa shape index (κ3) is 6.26. The molecular weight excluding hydrogens is 424 g/mol. The number of piperidine rings is 2. The van der Waals surface area contributed by atoms with Gasteiger partial charge in [-0.3, -0.25) is 9.59 Å². The van der Waals surface area contributed by atoms with Gasteiger partial charge in [-0.25, -0.2) is 8.42 Å². The summed E-state index contributed by atoms with van der Waals surface area (Å²) >= 11 is 1.18. The molecule has 168 valence electrons. The quantitative estimate of drug-likeness (QED) is 0.542. The summed E-state index contributed by atoms with van der Waals surface area (Å²) in [7, 11) is -3.44. The average Bonchev–Trinajstić information content (AvgIpc) is 3.21. The number of nitrogens with zero attached hydrogens (tertiary/aromatic N) is 2. The minimum Gasteiger partial charge on any atom is -0.369 e. The van der Waals surface area contributed by atoms with Crippen molar-refractivity contribution in [3.8, 4) is 0 Å². The van der Waals surface area contributed by atoms with Crippen molar-refractivity contribution in [2.75, 3.05) is 39.3 Å². The number of nitrogens with two attached hydrogens (primary N) is 1. The first-order valence-electron chi connectivity index (χ1n) is 10.7. The fourth-order valence-electron chi connectivity index (χ4n) is 4.07. The van der Waals surface area contributed by atoms with Gasteiger partial charge < -0.3 is 16.0 Å². The van der Waals surface area contributed by atoms with Crippen molar-refractivity contribution in [2.24, 2.45) is 11.7 Å². The van der Waals surface area contributed by atoms with E-state index in [2.05, 4.69) is 10.2 Å². The summed E-state index contributed by atoms with van der Waals surface area (Å²) in [6.45, 7) is 4.19. The Labute approximate surface area is 182 Å². The molecule has 2 saturated heterocycles. The van der Waals surface area contributed by atoms with Gasteiger partial charge in [0.1, 0.15) is 4.21 Å². The van der Waals surface area contributed by atoms with Crippen LogP contribution < -0.4 is 11.1 Å². The summed E-state index contributed by atoms with van der Waals surface area (Å²) < 4.78 is 27.3. The van der Waals surface area contributed by atoms with Crippen LogP contribution in [0.2, 0.25) is 0 Å². The molecule has 8 nitrogen and oxygen atoms in total. The standard InChI is InChI=1S/C20H32N4O4S2/c21-20(26)16-6-4-10-23(15-16)11-5-9-22-18(25)14-17-7-8-19(29-17)30(27,28)24-12-2-1-3-13-24/h7-8,16H,1-6,9-15H2,(H2,21,26)(H,22,25). The van der Waals surface area contributed by atoms with Crippen molar-refractivity contribution in [1.29, 1.82) is 0 Å². The maximum atomic E-state index is 12.7. The summed E-state index contributed by atoms with van der Waals surface area (Å²) in [6, 6.07) is 3.35. The van der Waals surface area contributed by atoms with Crippen LogP contribution in [-0.2, 0) is 26.0 Å². The first-order valence-corrected chi connectivity index (χ1v) is 13.0. The molecule has 10 heteroatoms. The predicted molar refractivity (Wildman–Crippen MR) is 117 cm³/mol. The monoisotopic (exact) mass is 456 g/mol. The van der Waals surface area contributed by atoms with Crippen molar-refractivity contribution in [3.63, 3.8) is 0 Å². The number of sulfonamides is 1. The number of likely N-dealkylation sites (tertiary alicyclic amines) is 1. The zero-order chi connectivity index (χ0) is 21.6. The molecule has 0 bridgehead atoms. The van der Waals surface area contributed by atoms with Crippen molar-refractivity contribution < 1.29 is 18.0 Å². The molecule has 0 spiro atoms. The molecule has 0 radical (unpaired) electrons. The van der Waals surface area contributed by atoms with Crippen LogP contribution in [-0.4, -0.2) is 68.7 Å². The van der Waals surface area contributed by atoms with E-state index in [1.807, 2.05) is 0 Å². The summed E-state index contributed by atoms with van der Waals surface area (Å²) in [5.74, 6) is -0.402. The fourth-order valence-corrected chi connectivity index (χ4v) is 7.09. The molecule has 0 saturated carbocycles. The first-order chi connectivity index (χ1) is 14.4. The highest BCUT2D eigenvalue weighted by atomic mass is 32.2. The molecule has 2 aliphatic rings. The molecule has 3 heterocycles. The zero-order valence-electron chi connectivity index (χ0n) is 17.3. The number of carbonyl (C=O) groups is 2. The summed E-state index contributed by atoms with van der Waals surface area (Å²) in [4.78, 5) is 26.5. The van der Waals surface area contributed by atoms with E-state index in [1.54, 1.807) is 16.4 Å². The second-order valence-electron chi connectivity index (χ2n) is 8.11. The molecule has 2 amide bonds. The Morgan fingerprint density at radius 2 is 1.90 bits per heavy atom. The number of thiophene rings is 1. The Bertz CT molecular complexity index is 834. The first kappa shape index (κ1) is 23.2. The number of rotatable bonds is 9. The molecule has 1 atom stereocenters. The van der Waals surface area contributed by atoms with Crippen LogP contribution in [0.3, 0.4) is 0 Å². The lowest BCUT2D eigenvalue weighted by Crippen LogP contribution is -2.42. The van der Waals surface area contributed by atoms with E-state index in [0.717, 1.165) is 56.5 Å². The molecule has 1 aromatic heterocycles. The molecule has 0 aliphatic carbocycles. The summed E-state index contributed by atoms with van der Waals surface area (Å²) in [5, 5.41) is 2.91. The maximum Gasteiger partial charge on any atom is 0.252 e. The van der Waals surface area contributed by atoms with Gasteiger partial charge in [0.15, 0.2) is 0 Å². The van der Waals surface area contributed by atoms with Gasteiger partial charge in [-0.1, -0.05) is 6.42 Å². The number of nitrogens with one attached hydrogen (secondary N) is 1. The number of hydrogen-bond donors (Lipinski definition) is 2. The van der Waals surface area contributed by atoms with Gasteiger partial charge >= 0.3 is 0 Å². The topological polar surface area (TPSA) is 113 Å². The van der Waals surface area contributed by atoms with Crippen molar-refractivity contribution in [1.82, 2.24) is 14.5 Å². The largest absolute Gasteiger partial charge is 0.369 e. The third-order valence-corrected chi connectivity index (χ3v) is 9.21. The van der Waals surface area contributed by atoms with E-state index in [-0.39, 0.29) is 24.2 Å². The van der Waals surface area contributed by atoms with E-state index >= 15 is 0 Å². The lowest BCUT2D eigenvalue weighted by molar-refractivity contribution is -0.123. The molecule has 0 aromatic carbocycles. The molecular formula is C20H32N4O4S2. The van der Waals surface area contributed by atoms with Gasteiger partial charge in [0.05, 0.1) is 12.3 Å². The number of hydrogen-bond acceptors (Lipinski definition) is 6. The molecule has 1 unspecified atom stereocenters. The van der Waals surface area contributed by atoms with E-state index in [1.165, 1.54) is 11.3 Å². The number of amides is 2. The Morgan fingerprint density at radius 1 is 1.13 bits per heavy atom. The van der Waals surface area contributed by atoms with Crippen molar-refractivity contribution in [2.45, 2.75) is 49.2 Å². The highest BCUT2D eigenvalue weighted by molar-refractivity contribution is 7.91. The number of carbonyl (C=O) groups excluding carboxylic acids is 2. The second kappa shape index (κ2) is 10.7. The van der Waals surface area contributed by atoms with Gasteiger partial charge in [0.25, 0.3) is 10.0 Å². The predicted octanol–water partition coefficient (Wildman–Crippen LogP) is 1.17. The van der Waals surface area contributed by atoms with Gasteiger partial charge in [-0.05, 0) is 57.3 Å². The van der Waals surface area contributed by atoms with E-state index < -0.39 is 10.0 Å². The SMILES string of the molecule is NC(=O)C1CCCN(CCCNC(=O)Cc2ccc(S(=O)(=O)N3CCCCC3)s2)C1. The fraction of sp³-hybridized carbons (Fsp3) is 0.700. The van der Waals surface area contributed by atoms with Crippen LogP contribution in [0.1, 0.15) is 43.4 Å². The van der Waals surface area contributed by atoms with Gasteiger partial charge in [0, 0.05) is 31.1 Å². The minimum atomic E-state index is -3.44. The van der Waals surface area contributed by atoms with Crippen molar-refractivity contribution >= 4 is 33.2 Å². The van der Waals surface area contributed by atoms with Gasteiger partial charge in [-0.2, -0.15) is 4.31 Å². The van der Waals surface area contributed by atoms with Crippen LogP contribution in [0, 0.1) is 5.92 Å². The lowest BCUT2D eigenvalue weighted by Gasteiger charge is -2.31. The Balaban J connectivity index is 1.40. The molecule has 1 aromatic rings. The van der Waals surface area contributed by atoms with E-state index in [0.29, 0.717) is 30.4 Å². The van der Waals surface area contributed by atoms with Crippen LogP contribution in [0.15, 0.2) is 16.3 Å². The molecule has 3 N–H and O–H groups in total. The summed E-state index contributed by atoms with van der Waals surface area (Å²) in [6.07, 6.45) is 5.70. The molecule has 30 heavy (non-hydrogen) atoms. The van der Waals surface area contributed by atoms with Crippen LogP contribution in [0.25, 0.3) is 0 Å². The Hall–Kier alpha value is -1.49. The molecule has 2 fully saturated rings. The third-order valence-electron chi connectivity index (χ3n) is 5.76. The van der Waals surface area contributed by atoms with Gasteiger partial charge in [0.2, 0.25) is 11.8 Å². The van der Waals surface area contributed by atoms with Crippen molar-refractivity contribution in [3.05, 3.63) is 17.0 Å². The van der Waals surface area contributed by atoms with E-state index in [4.69, 9.17) is 5.73 Å². The van der Waals surface area contributed by atoms with Crippen LogP contribution in [0.5, 0.6) is 0 Å². The number of primary amides is 1. The Morgan fingerprint density at radius 3 is 2.63 bits per heavy atom. The lowest BCUT2D eigenvalue weighted by atomic mass is 9.97. The Kier molecular flexibility index (Phi) is 8.27. The highest BCUT2D eigenvalue weighted by Gasteiger charge is 2.27. The molecule has 2 aliphatic heterocycles. The normalized spacial score (nSPS) is 21.4. The average molecular weight is 457 g/mol. The zero-order valence-corrected chi connectivity index (χ0v) is 19.0. The molecule has 3 rings (SSSR count). The smallest absolute Gasteiger partial charge is 0.252 e. The van der Waals surface area contributed by atoms with Crippen LogP contribution in [0.4, 0.5) is 0 Å². The minimum absolute atomic E-state index is 0.0671. The maximum absolute atomic E-state index is 12.7. The van der Waals surface area contributed by atoms with Crippen LogP contribution >= 0.6 is 11.3 Å². The van der Waals surface area contributed by atoms with Gasteiger partial charge in [-0.15, -0.1) is 11.3 Å². The highest BCUT2D eigenvalue weighted by Crippen LogP contribution is 2.27. The second-order valence-corrected chi connectivity index (χ2v) is 11.4.